The summed E-state index contributed by atoms with van der Waals surface area (Å²) in [7, 11) is 0. The van der Waals surface area contributed by atoms with E-state index in [1.165, 1.54) is 24.1 Å². The molecule has 32 heavy (non-hydrogen) atoms. The number of amides is 2. The van der Waals surface area contributed by atoms with Crippen molar-refractivity contribution in [2.24, 2.45) is 0 Å². The van der Waals surface area contributed by atoms with Gasteiger partial charge in [-0.05, 0) is 51.8 Å². The fourth-order valence-corrected chi connectivity index (χ4v) is 2.85. The number of carbonyl (C=O) groups is 2. The smallest absolute Gasteiger partial charge is 0.407 e. The minimum absolute atomic E-state index is 0.153. The second kappa shape index (κ2) is 10.7. The highest BCUT2D eigenvalue weighted by atomic mass is 16.6. The average molecular weight is 445 g/mol. The predicted octanol–water partition coefficient (Wildman–Crippen LogP) is 3.26. The van der Waals surface area contributed by atoms with Gasteiger partial charge in [0.2, 0.25) is 5.91 Å². The normalized spacial score (nSPS) is 12.0. The van der Waals surface area contributed by atoms with Gasteiger partial charge in [0.15, 0.2) is 11.6 Å². The zero-order chi connectivity index (χ0) is 23.9. The van der Waals surface area contributed by atoms with Gasteiger partial charge in [0, 0.05) is 25.2 Å². The van der Waals surface area contributed by atoms with Crippen LogP contribution in [0.25, 0.3) is 0 Å². The van der Waals surface area contributed by atoms with Crippen molar-refractivity contribution in [2.75, 3.05) is 23.7 Å². The standard InChI is InChI=1S/C23H32N4O5/c1-15(13-26-22(30)32-23(3,4)5)31-19-12-20(29)21(25-14-19)27(16(2)28)11-10-17-6-8-18(24)9-7-17/h6-9,12,14-15,29H,10-11,13,24H2,1-5H3,(H,26,30)/t15-/m0/s1. The first-order chi connectivity index (χ1) is 14.9. The van der Waals surface area contributed by atoms with Crippen molar-refractivity contribution in [1.29, 1.82) is 0 Å². The average Bonchev–Trinajstić information content (AvgIpc) is 2.68. The molecule has 2 aromatic rings. The fourth-order valence-electron chi connectivity index (χ4n) is 2.85. The molecule has 0 unspecified atom stereocenters. The number of carbonyl (C=O) groups excluding carboxylic acids is 2. The number of pyridine rings is 1. The number of nitrogens with zero attached hydrogens (tertiary/aromatic N) is 2. The molecule has 9 nitrogen and oxygen atoms in total. The molecule has 4 N–H and O–H groups in total. The summed E-state index contributed by atoms with van der Waals surface area (Å²) in [5.74, 6) is 0.0424. The number of ether oxygens (including phenoxy) is 2. The summed E-state index contributed by atoms with van der Waals surface area (Å²) >= 11 is 0. The Morgan fingerprint density at radius 3 is 2.47 bits per heavy atom. The predicted molar refractivity (Wildman–Crippen MR) is 123 cm³/mol. The van der Waals surface area contributed by atoms with E-state index in [-0.39, 0.29) is 24.0 Å². The summed E-state index contributed by atoms with van der Waals surface area (Å²) in [5, 5.41) is 13.1. The first-order valence-electron chi connectivity index (χ1n) is 10.4. The van der Waals surface area contributed by atoms with Crippen LogP contribution in [0.4, 0.5) is 16.3 Å². The summed E-state index contributed by atoms with van der Waals surface area (Å²) in [6.07, 6.45) is 1.07. The molecule has 0 bridgehead atoms. The molecule has 9 heteroatoms. The van der Waals surface area contributed by atoms with Crippen molar-refractivity contribution in [2.45, 2.75) is 52.7 Å². The van der Waals surface area contributed by atoms with Crippen LogP contribution < -0.4 is 20.7 Å². The van der Waals surface area contributed by atoms with Gasteiger partial charge in [-0.15, -0.1) is 0 Å². The Hall–Kier alpha value is -3.49. The van der Waals surface area contributed by atoms with Crippen LogP contribution in [-0.4, -0.2) is 46.9 Å². The maximum absolute atomic E-state index is 12.2. The Balaban J connectivity index is 1.98. The number of nitrogen functional groups attached to an aromatic ring is 1. The van der Waals surface area contributed by atoms with Gasteiger partial charge in [0.1, 0.15) is 17.5 Å². The van der Waals surface area contributed by atoms with Gasteiger partial charge in [-0.3, -0.25) is 9.69 Å². The van der Waals surface area contributed by atoms with E-state index in [9.17, 15) is 14.7 Å². The van der Waals surface area contributed by atoms with E-state index in [0.29, 0.717) is 24.4 Å². The molecule has 0 saturated heterocycles. The molecular formula is C23H32N4O5. The van der Waals surface area contributed by atoms with Crippen molar-refractivity contribution in [3.63, 3.8) is 0 Å². The molecule has 0 spiro atoms. The largest absolute Gasteiger partial charge is 0.504 e. The topological polar surface area (TPSA) is 127 Å². The number of hydrogen-bond donors (Lipinski definition) is 3. The van der Waals surface area contributed by atoms with E-state index < -0.39 is 17.8 Å². The lowest BCUT2D eigenvalue weighted by Crippen LogP contribution is -2.37. The lowest BCUT2D eigenvalue weighted by molar-refractivity contribution is -0.116. The third-order valence-electron chi connectivity index (χ3n) is 4.33. The first-order valence-corrected chi connectivity index (χ1v) is 10.4. The Kier molecular flexibility index (Phi) is 8.28. The van der Waals surface area contributed by atoms with E-state index >= 15 is 0 Å². The van der Waals surface area contributed by atoms with E-state index in [0.717, 1.165) is 5.56 Å². The van der Waals surface area contributed by atoms with Crippen molar-refractivity contribution in [3.05, 3.63) is 42.1 Å². The summed E-state index contributed by atoms with van der Waals surface area (Å²) in [4.78, 5) is 29.5. The van der Waals surface area contributed by atoms with Crippen LogP contribution in [-0.2, 0) is 16.0 Å². The second-order valence-corrected chi connectivity index (χ2v) is 8.49. The quantitative estimate of drug-likeness (QED) is 0.533. The minimum Gasteiger partial charge on any atom is -0.504 e. The highest BCUT2D eigenvalue weighted by molar-refractivity contribution is 5.91. The van der Waals surface area contributed by atoms with Gasteiger partial charge in [0.05, 0.1) is 12.7 Å². The number of benzene rings is 1. The third kappa shape index (κ3) is 7.98. The number of aromatic nitrogens is 1. The zero-order valence-electron chi connectivity index (χ0n) is 19.2. The monoisotopic (exact) mass is 444 g/mol. The molecule has 2 rings (SSSR count). The fraction of sp³-hybridized carbons (Fsp3) is 0.435. The van der Waals surface area contributed by atoms with Crippen molar-refractivity contribution in [1.82, 2.24) is 10.3 Å². The molecule has 1 aromatic carbocycles. The SMILES string of the molecule is CC(=O)N(CCc1ccc(N)cc1)c1ncc(O[C@@H](C)CNC(=O)OC(C)(C)C)cc1O. The van der Waals surface area contributed by atoms with Crippen LogP contribution in [0.3, 0.4) is 0 Å². The molecule has 0 radical (unpaired) electrons. The van der Waals surface area contributed by atoms with Crippen molar-refractivity contribution >= 4 is 23.5 Å². The maximum atomic E-state index is 12.2. The Labute approximate surface area is 188 Å². The molecule has 174 valence electrons. The molecule has 0 aliphatic heterocycles. The molecule has 0 aliphatic rings. The third-order valence-corrected chi connectivity index (χ3v) is 4.33. The van der Waals surface area contributed by atoms with Crippen LogP contribution in [0.1, 0.15) is 40.2 Å². The highest BCUT2D eigenvalue weighted by Gasteiger charge is 2.19. The number of alkyl carbamates (subject to hydrolysis) is 1. The molecule has 1 heterocycles. The molecule has 0 aliphatic carbocycles. The van der Waals surface area contributed by atoms with Gasteiger partial charge in [-0.1, -0.05) is 12.1 Å². The molecule has 0 fully saturated rings. The van der Waals surface area contributed by atoms with Gasteiger partial charge < -0.3 is 25.6 Å². The van der Waals surface area contributed by atoms with Gasteiger partial charge in [-0.25, -0.2) is 9.78 Å². The lowest BCUT2D eigenvalue weighted by atomic mass is 10.1. The number of nitrogens with two attached hydrogens (primary N) is 1. The molecule has 2 amide bonds. The van der Waals surface area contributed by atoms with Gasteiger partial charge >= 0.3 is 6.09 Å². The van der Waals surface area contributed by atoms with E-state index in [4.69, 9.17) is 15.2 Å². The van der Waals surface area contributed by atoms with Gasteiger partial charge in [-0.2, -0.15) is 0 Å². The lowest BCUT2D eigenvalue weighted by Gasteiger charge is -2.22. The molecule has 0 saturated carbocycles. The van der Waals surface area contributed by atoms with Crippen molar-refractivity contribution < 1.29 is 24.2 Å². The molecular weight excluding hydrogens is 412 g/mol. The number of anilines is 2. The van der Waals surface area contributed by atoms with Crippen molar-refractivity contribution in [3.8, 4) is 11.5 Å². The number of aromatic hydroxyl groups is 1. The summed E-state index contributed by atoms with van der Waals surface area (Å²) in [5.41, 5.74) is 6.79. The van der Waals surface area contributed by atoms with Crippen LogP contribution in [0.15, 0.2) is 36.5 Å². The maximum Gasteiger partial charge on any atom is 0.407 e. The number of hydrogen-bond acceptors (Lipinski definition) is 7. The second-order valence-electron chi connectivity index (χ2n) is 8.49. The van der Waals surface area contributed by atoms with E-state index in [1.807, 2.05) is 12.1 Å². The zero-order valence-corrected chi connectivity index (χ0v) is 19.2. The molecule has 1 atom stereocenters. The Morgan fingerprint density at radius 2 is 1.91 bits per heavy atom. The summed E-state index contributed by atoms with van der Waals surface area (Å²) < 4.78 is 10.9. The van der Waals surface area contributed by atoms with Crippen LogP contribution in [0, 0.1) is 0 Å². The Morgan fingerprint density at radius 1 is 1.25 bits per heavy atom. The highest BCUT2D eigenvalue weighted by Crippen LogP contribution is 2.29. The van der Waals surface area contributed by atoms with Gasteiger partial charge in [0.25, 0.3) is 0 Å². The van der Waals surface area contributed by atoms with Crippen LogP contribution >= 0.6 is 0 Å². The molecule has 1 aromatic heterocycles. The first kappa shape index (κ1) is 24.8. The number of nitrogens with one attached hydrogen (secondary N) is 1. The van der Waals surface area contributed by atoms with Crippen LogP contribution in [0.2, 0.25) is 0 Å². The number of rotatable bonds is 8. The van der Waals surface area contributed by atoms with Crippen LogP contribution in [0.5, 0.6) is 11.5 Å². The summed E-state index contributed by atoms with van der Waals surface area (Å²) in [6, 6.07) is 8.78. The summed E-state index contributed by atoms with van der Waals surface area (Å²) in [6.45, 7) is 9.07. The van der Waals surface area contributed by atoms with E-state index in [2.05, 4.69) is 10.3 Å². The van der Waals surface area contributed by atoms with E-state index in [1.54, 1.807) is 39.8 Å². The minimum atomic E-state index is -0.587. The Bertz CT molecular complexity index is 925.